The number of carbonyl (C=O) groups excluding carboxylic acids is 1. The van der Waals surface area contributed by atoms with Gasteiger partial charge in [-0.1, -0.05) is 23.4 Å². The summed E-state index contributed by atoms with van der Waals surface area (Å²) in [6, 6.07) is 11.2. The lowest BCUT2D eigenvalue weighted by Crippen LogP contribution is -2.21. The van der Waals surface area contributed by atoms with Crippen LogP contribution in [0.25, 0.3) is 11.3 Å². The fourth-order valence-electron chi connectivity index (χ4n) is 3.65. The first-order chi connectivity index (χ1) is 18.4. The van der Waals surface area contributed by atoms with Crippen molar-refractivity contribution in [3.05, 3.63) is 71.2 Å². The van der Waals surface area contributed by atoms with Crippen molar-refractivity contribution in [2.45, 2.75) is 19.1 Å². The Morgan fingerprint density at radius 1 is 1.18 bits per heavy atom. The van der Waals surface area contributed by atoms with E-state index in [2.05, 4.69) is 15.6 Å². The second-order valence-corrected chi connectivity index (χ2v) is 10.0. The molecule has 0 unspecified atom stereocenters. The third-order valence-electron chi connectivity index (χ3n) is 5.47. The number of aryl methyl sites for hydroxylation is 2. The van der Waals surface area contributed by atoms with E-state index in [1.165, 1.54) is 35.0 Å². The van der Waals surface area contributed by atoms with Crippen LogP contribution in [0, 0.1) is 12.7 Å². The quantitative estimate of drug-likeness (QED) is 0.247. The molecule has 0 bridgehead atoms. The molecule has 2 aromatic carbocycles. The number of benzene rings is 2. The molecule has 0 radical (unpaired) electrons. The van der Waals surface area contributed by atoms with E-state index in [9.17, 15) is 26.4 Å². The molecular formula is C24H23F3N6O5S. The first-order valence-electron chi connectivity index (χ1n) is 11.3. The van der Waals surface area contributed by atoms with Crippen molar-refractivity contribution < 1.29 is 35.6 Å². The van der Waals surface area contributed by atoms with Gasteiger partial charge in [-0.2, -0.15) is 13.9 Å². The SMILES string of the molecule is Cc1cc(Nc2c(C(N)=O)c(-c3ccc(NS(=O)(=O)C(F)F)c(OCCc4ccc(F)cc4)c3)nn2C)no1. The maximum Gasteiger partial charge on any atom is 0.355 e. The number of ether oxygens (including phenoxy) is 1. The number of anilines is 3. The van der Waals surface area contributed by atoms with Crippen LogP contribution in [0.1, 0.15) is 21.7 Å². The van der Waals surface area contributed by atoms with E-state index in [1.807, 2.05) is 4.72 Å². The van der Waals surface area contributed by atoms with Crippen LogP contribution in [0.3, 0.4) is 0 Å². The average Bonchev–Trinajstić information content (AvgIpc) is 3.43. The van der Waals surface area contributed by atoms with Crippen LogP contribution in [0.5, 0.6) is 5.75 Å². The van der Waals surface area contributed by atoms with Crippen molar-refractivity contribution >= 4 is 33.3 Å². The van der Waals surface area contributed by atoms with Crippen molar-refractivity contribution in [1.29, 1.82) is 0 Å². The summed E-state index contributed by atoms with van der Waals surface area (Å²) < 4.78 is 76.9. The Morgan fingerprint density at radius 2 is 1.90 bits per heavy atom. The second-order valence-electron chi connectivity index (χ2n) is 8.35. The molecule has 0 aliphatic carbocycles. The minimum absolute atomic E-state index is 0.0122. The third-order valence-corrected chi connectivity index (χ3v) is 6.45. The minimum Gasteiger partial charge on any atom is -0.491 e. The number of amides is 1. The van der Waals surface area contributed by atoms with E-state index >= 15 is 0 Å². The van der Waals surface area contributed by atoms with Gasteiger partial charge in [-0.05, 0) is 36.8 Å². The Morgan fingerprint density at radius 3 is 2.51 bits per heavy atom. The maximum absolute atomic E-state index is 13.2. The van der Waals surface area contributed by atoms with Crippen molar-refractivity contribution in [2.75, 3.05) is 16.6 Å². The van der Waals surface area contributed by atoms with Gasteiger partial charge in [0, 0.05) is 25.1 Å². The number of nitrogens with two attached hydrogens (primary N) is 1. The number of primary amides is 1. The first kappa shape index (κ1) is 27.5. The van der Waals surface area contributed by atoms with E-state index in [1.54, 1.807) is 32.2 Å². The van der Waals surface area contributed by atoms with Crippen LogP contribution in [0.4, 0.5) is 30.5 Å². The molecule has 39 heavy (non-hydrogen) atoms. The van der Waals surface area contributed by atoms with E-state index in [0.717, 1.165) is 5.56 Å². The van der Waals surface area contributed by atoms with Gasteiger partial charge in [-0.15, -0.1) is 0 Å². The first-order valence-corrected chi connectivity index (χ1v) is 12.9. The Balaban J connectivity index is 1.71. The number of aromatic nitrogens is 3. The van der Waals surface area contributed by atoms with Gasteiger partial charge in [0.1, 0.15) is 34.4 Å². The second kappa shape index (κ2) is 11.1. The molecule has 0 saturated heterocycles. The monoisotopic (exact) mass is 564 g/mol. The van der Waals surface area contributed by atoms with Crippen LogP contribution in [0.2, 0.25) is 0 Å². The zero-order chi connectivity index (χ0) is 28.3. The maximum atomic E-state index is 13.2. The highest BCUT2D eigenvalue weighted by Crippen LogP contribution is 2.36. The van der Waals surface area contributed by atoms with Crippen LogP contribution >= 0.6 is 0 Å². The molecule has 1 amide bonds. The molecule has 0 fully saturated rings. The highest BCUT2D eigenvalue weighted by molar-refractivity contribution is 7.93. The van der Waals surface area contributed by atoms with Gasteiger partial charge in [-0.3, -0.25) is 14.2 Å². The summed E-state index contributed by atoms with van der Waals surface area (Å²) in [5.74, 6) is -4.02. The molecule has 4 rings (SSSR count). The predicted octanol–water partition coefficient (Wildman–Crippen LogP) is 3.95. The Hall–Kier alpha value is -4.53. The molecule has 0 spiro atoms. The predicted molar refractivity (Wildman–Crippen MR) is 136 cm³/mol. The number of hydrogen-bond donors (Lipinski definition) is 3. The number of halogens is 3. The molecular weight excluding hydrogens is 541 g/mol. The molecule has 0 aliphatic heterocycles. The van der Waals surface area contributed by atoms with Gasteiger partial charge in [0.15, 0.2) is 5.82 Å². The van der Waals surface area contributed by atoms with E-state index in [0.29, 0.717) is 18.0 Å². The van der Waals surface area contributed by atoms with E-state index in [4.69, 9.17) is 15.0 Å². The molecule has 0 atom stereocenters. The number of nitrogens with zero attached hydrogens (tertiary/aromatic N) is 3. The highest BCUT2D eigenvalue weighted by atomic mass is 32.2. The zero-order valence-electron chi connectivity index (χ0n) is 20.6. The number of carbonyl (C=O) groups is 1. The van der Waals surface area contributed by atoms with Crippen molar-refractivity contribution in [3.8, 4) is 17.0 Å². The fourth-order valence-corrected chi connectivity index (χ4v) is 4.21. The standard InChI is InChI=1S/C24H23F3N6O5S/c1-13-11-19(31-38-13)29-23-20(22(28)34)21(30-33(23)2)15-5-8-17(32-39(35,36)24(26)27)18(12-15)37-10-9-14-3-6-16(25)7-4-14/h3-8,11-12,24,32H,9-10H2,1-2H3,(H2,28,34)(H,29,31). The van der Waals surface area contributed by atoms with Crippen LogP contribution < -0.4 is 20.5 Å². The molecule has 2 aromatic heterocycles. The zero-order valence-corrected chi connectivity index (χ0v) is 21.4. The molecule has 206 valence electrons. The fraction of sp³-hybridized carbons (Fsp3) is 0.208. The van der Waals surface area contributed by atoms with Crippen LogP contribution in [-0.2, 0) is 23.5 Å². The van der Waals surface area contributed by atoms with Gasteiger partial charge < -0.3 is 20.3 Å². The summed E-state index contributed by atoms with van der Waals surface area (Å²) in [6.07, 6.45) is 0.298. The molecule has 2 heterocycles. The highest BCUT2D eigenvalue weighted by Gasteiger charge is 2.27. The lowest BCUT2D eigenvalue weighted by molar-refractivity contribution is 0.100. The van der Waals surface area contributed by atoms with Gasteiger partial charge >= 0.3 is 5.76 Å². The van der Waals surface area contributed by atoms with E-state index in [-0.39, 0.29) is 40.7 Å². The summed E-state index contributed by atoms with van der Waals surface area (Å²) in [5.41, 5.74) is 6.49. The van der Waals surface area contributed by atoms with Crippen LogP contribution in [-0.4, -0.2) is 41.6 Å². The summed E-state index contributed by atoms with van der Waals surface area (Å²) in [7, 11) is -3.46. The largest absolute Gasteiger partial charge is 0.491 e. The van der Waals surface area contributed by atoms with Gasteiger partial charge in [0.2, 0.25) is 0 Å². The summed E-state index contributed by atoms with van der Waals surface area (Å²) >= 11 is 0. The summed E-state index contributed by atoms with van der Waals surface area (Å²) in [5, 5.41) is 11.1. The molecule has 4 N–H and O–H groups in total. The van der Waals surface area contributed by atoms with Gasteiger partial charge in [0.25, 0.3) is 15.9 Å². The van der Waals surface area contributed by atoms with Gasteiger partial charge in [-0.25, -0.2) is 12.8 Å². The number of alkyl halides is 2. The van der Waals surface area contributed by atoms with E-state index < -0.39 is 27.5 Å². The number of sulfonamides is 1. The smallest absolute Gasteiger partial charge is 0.355 e. The lowest BCUT2D eigenvalue weighted by atomic mass is 10.1. The third kappa shape index (κ3) is 6.31. The van der Waals surface area contributed by atoms with Gasteiger partial charge in [0.05, 0.1) is 12.3 Å². The van der Waals surface area contributed by atoms with Crippen molar-refractivity contribution in [2.24, 2.45) is 12.8 Å². The Bertz CT molecular complexity index is 1600. The normalized spacial score (nSPS) is 11.5. The number of nitrogens with one attached hydrogen (secondary N) is 2. The lowest BCUT2D eigenvalue weighted by Gasteiger charge is -2.15. The molecule has 0 saturated carbocycles. The van der Waals surface area contributed by atoms with Crippen molar-refractivity contribution in [1.82, 2.24) is 14.9 Å². The minimum atomic E-state index is -5.01. The summed E-state index contributed by atoms with van der Waals surface area (Å²) in [6.45, 7) is 1.67. The molecule has 0 aliphatic rings. The molecule has 11 nitrogen and oxygen atoms in total. The number of hydrogen-bond acceptors (Lipinski definition) is 8. The molecule has 15 heteroatoms. The Labute approximate surface area is 220 Å². The Kier molecular flexibility index (Phi) is 7.80. The topological polar surface area (TPSA) is 154 Å². The van der Waals surface area contributed by atoms with Crippen molar-refractivity contribution in [3.63, 3.8) is 0 Å². The van der Waals surface area contributed by atoms with Crippen LogP contribution in [0.15, 0.2) is 53.1 Å². The summed E-state index contributed by atoms with van der Waals surface area (Å²) in [4.78, 5) is 12.4. The average molecular weight is 565 g/mol. The molecule has 4 aromatic rings. The number of rotatable bonds is 11.